The monoisotopic (exact) mass is 303 g/mol. The van der Waals surface area contributed by atoms with E-state index in [4.69, 9.17) is 11.6 Å². The van der Waals surface area contributed by atoms with Crippen molar-refractivity contribution in [2.45, 2.75) is 6.42 Å². The van der Waals surface area contributed by atoms with Crippen LogP contribution in [0.5, 0.6) is 0 Å². The molecule has 0 aliphatic rings. The van der Waals surface area contributed by atoms with Gasteiger partial charge in [-0.15, -0.1) is 0 Å². The van der Waals surface area contributed by atoms with Crippen molar-refractivity contribution in [3.05, 3.63) is 59.0 Å². The summed E-state index contributed by atoms with van der Waals surface area (Å²) in [6.45, 7) is 0. The molecule has 6 heteroatoms. The van der Waals surface area contributed by atoms with Crippen molar-refractivity contribution in [1.29, 1.82) is 0 Å². The van der Waals surface area contributed by atoms with Gasteiger partial charge in [-0.3, -0.25) is 9.89 Å². The first-order chi connectivity index (χ1) is 10.1. The second kappa shape index (κ2) is 5.54. The number of aromatic nitrogens is 2. The minimum atomic E-state index is -0.494. The van der Waals surface area contributed by atoms with Crippen LogP contribution in [-0.4, -0.2) is 16.1 Å². The molecule has 0 atom stereocenters. The van der Waals surface area contributed by atoms with Crippen LogP contribution in [-0.2, 0) is 11.2 Å². The molecular weight excluding hydrogens is 293 g/mol. The van der Waals surface area contributed by atoms with Crippen molar-refractivity contribution in [2.75, 3.05) is 5.32 Å². The minimum Gasteiger partial charge on any atom is -0.326 e. The van der Waals surface area contributed by atoms with Gasteiger partial charge >= 0.3 is 0 Å². The van der Waals surface area contributed by atoms with E-state index in [9.17, 15) is 9.18 Å². The first-order valence-corrected chi connectivity index (χ1v) is 6.66. The number of rotatable bonds is 3. The highest BCUT2D eigenvalue weighted by molar-refractivity contribution is 6.30. The normalized spacial score (nSPS) is 10.8. The number of nitrogens with one attached hydrogen (secondary N) is 2. The van der Waals surface area contributed by atoms with E-state index < -0.39 is 5.82 Å². The SMILES string of the molecule is O=C(Cc1ccc(F)c(Cl)c1)Nc1ccc2[nH]ncc2c1. The average Bonchev–Trinajstić information content (AvgIpc) is 2.90. The first-order valence-electron chi connectivity index (χ1n) is 6.29. The number of fused-ring (bicyclic) bond motifs is 1. The molecule has 0 aliphatic heterocycles. The Morgan fingerprint density at radius 3 is 2.95 bits per heavy atom. The van der Waals surface area contributed by atoms with Crippen LogP contribution < -0.4 is 5.32 Å². The molecule has 0 saturated carbocycles. The predicted octanol–water partition coefficient (Wildman–Crippen LogP) is 3.54. The van der Waals surface area contributed by atoms with Gasteiger partial charge in [-0.2, -0.15) is 5.10 Å². The van der Waals surface area contributed by atoms with E-state index in [1.54, 1.807) is 18.3 Å². The summed E-state index contributed by atoms with van der Waals surface area (Å²) >= 11 is 5.69. The van der Waals surface area contributed by atoms with Gasteiger partial charge in [-0.25, -0.2) is 4.39 Å². The third-order valence-corrected chi connectivity index (χ3v) is 3.36. The number of carbonyl (C=O) groups is 1. The summed E-state index contributed by atoms with van der Waals surface area (Å²) < 4.78 is 13.1. The van der Waals surface area contributed by atoms with E-state index in [0.29, 0.717) is 11.3 Å². The van der Waals surface area contributed by atoms with Crippen LogP contribution in [0, 0.1) is 5.82 Å². The molecule has 0 aliphatic carbocycles. The third kappa shape index (κ3) is 3.03. The maximum atomic E-state index is 13.1. The van der Waals surface area contributed by atoms with Gasteiger partial charge in [0.1, 0.15) is 5.82 Å². The number of nitrogens with zero attached hydrogens (tertiary/aromatic N) is 1. The number of carbonyl (C=O) groups excluding carboxylic acids is 1. The number of hydrogen-bond acceptors (Lipinski definition) is 2. The Morgan fingerprint density at radius 2 is 2.14 bits per heavy atom. The zero-order valence-corrected chi connectivity index (χ0v) is 11.6. The summed E-state index contributed by atoms with van der Waals surface area (Å²) in [5, 5.41) is 10.5. The van der Waals surface area contributed by atoms with Gasteiger partial charge < -0.3 is 5.32 Å². The molecule has 106 valence electrons. The highest BCUT2D eigenvalue weighted by Crippen LogP contribution is 2.18. The molecule has 0 unspecified atom stereocenters. The van der Waals surface area contributed by atoms with E-state index >= 15 is 0 Å². The van der Waals surface area contributed by atoms with Crippen molar-refractivity contribution >= 4 is 34.1 Å². The van der Waals surface area contributed by atoms with Gasteiger partial charge in [-0.1, -0.05) is 17.7 Å². The number of H-pyrrole nitrogens is 1. The number of halogens is 2. The molecule has 1 heterocycles. The molecule has 1 aromatic heterocycles. The van der Waals surface area contributed by atoms with Crippen molar-refractivity contribution in [3.8, 4) is 0 Å². The van der Waals surface area contributed by atoms with Gasteiger partial charge in [-0.05, 0) is 35.9 Å². The Bertz CT molecular complexity index is 816. The molecule has 21 heavy (non-hydrogen) atoms. The van der Waals surface area contributed by atoms with Crippen molar-refractivity contribution in [3.63, 3.8) is 0 Å². The maximum absolute atomic E-state index is 13.1. The van der Waals surface area contributed by atoms with Gasteiger partial charge in [0.2, 0.25) is 5.91 Å². The molecule has 4 nitrogen and oxygen atoms in total. The maximum Gasteiger partial charge on any atom is 0.228 e. The number of benzene rings is 2. The van der Waals surface area contributed by atoms with E-state index in [1.165, 1.54) is 12.1 Å². The van der Waals surface area contributed by atoms with Gasteiger partial charge in [0, 0.05) is 11.1 Å². The van der Waals surface area contributed by atoms with Crippen LogP contribution in [0.15, 0.2) is 42.6 Å². The topological polar surface area (TPSA) is 57.8 Å². The summed E-state index contributed by atoms with van der Waals surface area (Å²) in [6.07, 6.45) is 1.81. The molecule has 0 radical (unpaired) electrons. The molecule has 1 amide bonds. The zero-order valence-electron chi connectivity index (χ0n) is 10.9. The molecule has 0 fully saturated rings. The number of aromatic amines is 1. The number of amides is 1. The van der Waals surface area contributed by atoms with Crippen LogP contribution in [0.4, 0.5) is 10.1 Å². The Kier molecular flexibility index (Phi) is 3.58. The van der Waals surface area contributed by atoms with E-state index in [2.05, 4.69) is 15.5 Å². The molecule has 0 bridgehead atoms. The van der Waals surface area contributed by atoms with Crippen molar-refractivity contribution in [2.24, 2.45) is 0 Å². The van der Waals surface area contributed by atoms with Gasteiger partial charge in [0.25, 0.3) is 0 Å². The van der Waals surface area contributed by atoms with Crippen LogP contribution in [0.2, 0.25) is 5.02 Å². The second-order valence-corrected chi connectivity index (χ2v) is 5.05. The summed E-state index contributed by atoms with van der Waals surface area (Å²) in [5.74, 6) is -0.688. The predicted molar refractivity (Wildman–Crippen MR) is 79.8 cm³/mol. The van der Waals surface area contributed by atoms with Crippen LogP contribution in [0.3, 0.4) is 0 Å². The summed E-state index contributed by atoms with van der Waals surface area (Å²) in [6, 6.07) is 9.70. The lowest BCUT2D eigenvalue weighted by Crippen LogP contribution is -2.14. The molecule has 3 rings (SSSR count). The van der Waals surface area contributed by atoms with E-state index in [1.807, 2.05) is 12.1 Å². The molecule has 0 saturated heterocycles. The molecule has 3 aromatic rings. The second-order valence-electron chi connectivity index (χ2n) is 4.65. The Hall–Kier alpha value is -2.40. The van der Waals surface area contributed by atoms with Gasteiger partial charge in [0.15, 0.2) is 0 Å². The summed E-state index contributed by atoms with van der Waals surface area (Å²) in [4.78, 5) is 12.0. The summed E-state index contributed by atoms with van der Waals surface area (Å²) in [5.41, 5.74) is 2.24. The van der Waals surface area contributed by atoms with Crippen LogP contribution in [0.1, 0.15) is 5.56 Å². The fourth-order valence-corrected chi connectivity index (χ4v) is 2.26. The lowest BCUT2D eigenvalue weighted by molar-refractivity contribution is -0.115. The molecule has 2 aromatic carbocycles. The standard InChI is InChI=1S/C15H11ClFN3O/c16-12-5-9(1-3-13(12)17)6-15(21)19-11-2-4-14-10(7-11)8-18-20-14/h1-5,7-8H,6H2,(H,18,20)(H,19,21). The largest absolute Gasteiger partial charge is 0.326 e. The highest BCUT2D eigenvalue weighted by Gasteiger charge is 2.07. The quantitative estimate of drug-likeness (QED) is 0.777. The van der Waals surface area contributed by atoms with Crippen LogP contribution >= 0.6 is 11.6 Å². The lowest BCUT2D eigenvalue weighted by Gasteiger charge is -2.06. The lowest BCUT2D eigenvalue weighted by atomic mass is 10.1. The van der Waals surface area contributed by atoms with Crippen molar-refractivity contribution < 1.29 is 9.18 Å². The highest BCUT2D eigenvalue weighted by atomic mass is 35.5. The first kappa shape index (κ1) is 13.6. The van der Waals surface area contributed by atoms with Crippen molar-refractivity contribution in [1.82, 2.24) is 10.2 Å². The van der Waals surface area contributed by atoms with E-state index in [-0.39, 0.29) is 17.4 Å². The minimum absolute atomic E-state index is 0.0140. The average molecular weight is 304 g/mol. The number of anilines is 1. The Balaban J connectivity index is 1.71. The third-order valence-electron chi connectivity index (χ3n) is 3.07. The fourth-order valence-electron chi connectivity index (χ4n) is 2.06. The Labute approximate surface area is 124 Å². The molecule has 0 spiro atoms. The number of hydrogen-bond donors (Lipinski definition) is 2. The summed E-state index contributed by atoms with van der Waals surface area (Å²) in [7, 11) is 0. The fraction of sp³-hybridized carbons (Fsp3) is 0.0667. The Morgan fingerprint density at radius 1 is 1.29 bits per heavy atom. The van der Waals surface area contributed by atoms with Gasteiger partial charge in [0.05, 0.1) is 23.2 Å². The zero-order chi connectivity index (χ0) is 14.8. The molecular formula is C15H11ClFN3O. The van der Waals surface area contributed by atoms with E-state index in [0.717, 1.165) is 10.9 Å². The molecule has 2 N–H and O–H groups in total. The van der Waals surface area contributed by atoms with Crippen LogP contribution in [0.25, 0.3) is 10.9 Å². The smallest absolute Gasteiger partial charge is 0.228 e.